The molecule has 170 valence electrons. The monoisotopic (exact) mass is 429 g/mol. The summed E-state index contributed by atoms with van der Waals surface area (Å²) < 4.78 is 10.7. The van der Waals surface area contributed by atoms with Crippen LogP contribution in [0.25, 0.3) is 0 Å². The predicted molar refractivity (Wildman–Crippen MR) is 118 cm³/mol. The molecule has 4 saturated carbocycles. The number of benzene rings is 1. The Morgan fingerprint density at radius 3 is 2.26 bits per heavy atom. The van der Waals surface area contributed by atoms with Crippen LogP contribution in [0, 0.1) is 17.8 Å². The molecule has 0 heterocycles. The molecule has 1 aromatic carbocycles. The van der Waals surface area contributed by atoms with E-state index in [0.29, 0.717) is 12.3 Å². The van der Waals surface area contributed by atoms with Gasteiger partial charge >= 0.3 is 6.03 Å². The Morgan fingerprint density at radius 2 is 1.71 bits per heavy atom. The number of urea groups is 1. The van der Waals surface area contributed by atoms with E-state index in [-0.39, 0.29) is 17.5 Å². The zero-order valence-electron chi connectivity index (χ0n) is 19.1. The molecule has 1 aromatic rings. The first kappa shape index (κ1) is 21.9. The smallest absolute Gasteiger partial charge is 0.321 e. The minimum atomic E-state index is -0.464. The maximum atomic E-state index is 12.8. The highest BCUT2D eigenvalue weighted by atomic mass is 16.5. The number of nitrogens with one attached hydrogen (secondary N) is 2. The average Bonchev–Trinajstić information content (AvgIpc) is 2.71. The van der Waals surface area contributed by atoms with Gasteiger partial charge in [0.1, 0.15) is 11.5 Å². The third kappa shape index (κ3) is 4.66. The van der Waals surface area contributed by atoms with Crippen LogP contribution in [-0.2, 0) is 11.3 Å². The van der Waals surface area contributed by atoms with Gasteiger partial charge in [-0.1, -0.05) is 6.07 Å². The summed E-state index contributed by atoms with van der Waals surface area (Å²) in [5.41, 5.74) is 0.841. The molecule has 3 amide bonds. The van der Waals surface area contributed by atoms with Gasteiger partial charge in [-0.3, -0.25) is 15.0 Å². The fourth-order valence-electron chi connectivity index (χ4n) is 6.34. The second kappa shape index (κ2) is 8.69. The standard InChI is InChI=1S/C24H35N3O4/c1-15(27(2)14-19-5-6-20(30-3)10-21(19)31-4)22(28)25-23(29)26-24-11-16-7-17(12-24)9-18(8-16)13-24/h5-6,10,15-18H,7-9,11-14H2,1-4H3,(H2,25,26,28,29)/t15-,16?,17?,18?,24?/m0/s1. The number of hydrogen-bond acceptors (Lipinski definition) is 5. The van der Waals surface area contributed by atoms with Crippen molar-refractivity contribution in [3.63, 3.8) is 0 Å². The van der Waals surface area contributed by atoms with Crippen molar-refractivity contribution >= 4 is 11.9 Å². The van der Waals surface area contributed by atoms with Crippen LogP contribution in [0.5, 0.6) is 11.5 Å². The van der Waals surface area contributed by atoms with Crippen molar-refractivity contribution in [3.8, 4) is 11.5 Å². The van der Waals surface area contributed by atoms with Gasteiger partial charge in [-0.2, -0.15) is 0 Å². The Bertz CT molecular complexity index is 805. The Kier molecular flexibility index (Phi) is 6.15. The topological polar surface area (TPSA) is 79.9 Å². The van der Waals surface area contributed by atoms with Crippen molar-refractivity contribution in [1.82, 2.24) is 15.5 Å². The maximum Gasteiger partial charge on any atom is 0.321 e. The summed E-state index contributed by atoms with van der Waals surface area (Å²) in [7, 11) is 5.09. The molecule has 4 aliphatic rings. The Labute approximate surface area is 184 Å². The Morgan fingerprint density at radius 1 is 1.10 bits per heavy atom. The lowest BCUT2D eigenvalue weighted by atomic mass is 9.53. The molecular weight excluding hydrogens is 394 g/mol. The quantitative estimate of drug-likeness (QED) is 0.695. The molecule has 7 heteroatoms. The van der Waals surface area contributed by atoms with E-state index in [0.717, 1.165) is 48.3 Å². The van der Waals surface area contributed by atoms with Gasteiger partial charge in [-0.05, 0) is 76.3 Å². The number of amides is 3. The number of methoxy groups -OCH3 is 2. The van der Waals surface area contributed by atoms with Gasteiger partial charge in [-0.15, -0.1) is 0 Å². The molecule has 0 radical (unpaired) electrons. The number of imide groups is 1. The van der Waals surface area contributed by atoms with Crippen molar-refractivity contribution in [2.24, 2.45) is 17.8 Å². The van der Waals surface area contributed by atoms with Crippen LogP contribution in [0.4, 0.5) is 4.79 Å². The molecule has 0 spiro atoms. The van der Waals surface area contributed by atoms with Crippen LogP contribution in [-0.4, -0.2) is 49.7 Å². The van der Waals surface area contributed by atoms with E-state index >= 15 is 0 Å². The van der Waals surface area contributed by atoms with E-state index in [2.05, 4.69) is 10.6 Å². The highest BCUT2D eigenvalue weighted by molar-refractivity contribution is 5.97. The van der Waals surface area contributed by atoms with E-state index in [1.165, 1.54) is 19.3 Å². The van der Waals surface area contributed by atoms with Gasteiger partial charge in [0.15, 0.2) is 0 Å². The van der Waals surface area contributed by atoms with Crippen molar-refractivity contribution < 1.29 is 19.1 Å². The van der Waals surface area contributed by atoms with Crippen molar-refractivity contribution in [1.29, 1.82) is 0 Å². The number of rotatable bonds is 7. The van der Waals surface area contributed by atoms with Crippen LogP contribution >= 0.6 is 0 Å². The van der Waals surface area contributed by atoms with E-state index in [1.807, 2.05) is 37.1 Å². The van der Waals surface area contributed by atoms with E-state index in [9.17, 15) is 9.59 Å². The van der Waals surface area contributed by atoms with Crippen molar-refractivity contribution in [2.45, 2.75) is 63.6 Å². The summed E-state index contributed by atoms with van der Waals surface area (Å²) in [5, 5.41) is 5.79. The van der Waals surface area contributed by atoms with Gasteiger partial charge < -0.3 is 14.8 Å². The summed E-state index contributed by atoms with van der Waals surface area (Å²) >= 11 is 0. The number of likely N-dealkylation sites (N-methyl/N-ethyl adjacent to an activating group) is 1. The summed E-state index contributed by atoms with van der Waals surface area (Å²) in [4.78, 5) is 27.4. The number of ether oxygens (including phenoxy) is 2. The highest BCUT2D eigenvalue weighted by Gasteiger charge is 2.51. The minimum absolute atomic E-state index is 0.106. The van der Waals surface area contributed by atoms with Gasteiger partial charge in [0, 0.05) is 23.7 Å². The molecule has 0 unspecified atom stereocenters. The molecule has 4 aliphatic carbocycles. The number of hydrogen-bond donors (Lipinski definition) is 2. The summed E-state index contributed by atoms with van der Waals surface area (Å²) in [5.74, 6) is 3.36. The van der Waals surface area contributed by atoms with E-state index < -0.39 is 6.04 Å². The number of carbonyl (C=O) groups is 2. The van der Waals surface area contributed by atoms with Crippen molar-refractivity contribution in [3.05, 3.63) is 23.8 Å². The molecule has 2 N–H and O–H groups in total. The van der Waals surface area contributed by atoms with Gasteiger partial charge in [0.05, 0.1) is 20.3 Å². The fraction of sp³-hybridized carbons (Fsp3) is 0.667. The average molecular weight is 430 g/mol. The summed E-state index contributed by atoms with van der Waals surface area (Å²) in [6.45, 7) is 2.32. The Hall–Kier alpha value is -2.28. The largest absolute Gasteiger partial charge is 0.497 e. The molecular formula is C24H35N3O4. The van der Waals surface area contributed by atoms with E-state index in [1.54, 1.807) is 14.2 Å². The van der Waals surface area contributed by atoms with Gasteiger partial charge in [0.25, 0.3) is 0 Å². The highest BCUT2D eigenvalue weighted by Crippen LogP contribution is 2.55. The lowest BCUT2D eigenvalue weighted by Crippen LogP contribution is -2.62. The third-order valence-electron chi connectivity index (χ3n) is 7.61. The molecule has 4 fully saturated rings. The molecule has 1 atom stereocenters. The zero-order chi connectivity index (χ0) is 22.2. The number of nitrogens with zero attached hydrogens (tertiary/aromatic N) is 1. The lowest BCUT2D eigenvalue weighted by Gasteiger charge is -2.56. The van der Waals surface area contributed by atoms with Gasteiger partial charge in [-0.25, -0.2) is 4.79 Å². The summed E-state index contributed by atoms with van der Waals surface area (Å²) in [6, 6.07) is 4.81. The molecule has 4 bridgehead atoms. The minimum Gasteiger partial charge on any atom is -0.497 e. The SMILES string of the molecule is COc1ccc(CN(C)[C@@H](C)C(=O)NC(=O)NC23CC4CC(CC(C4)C2)C3)c(OC)c1. The number of carbonyl (C=O) groups excluding carboxylic acids is 2. The molecule has 0 aliphatic heterocycles. The molecule has 0 aromatic heterocycles. The third-order valence-corrected chi connectivity index (χ3v) is 7.61. The molecule has 0 saturated heterocycles. The normalized spacial score (nSPS) is 29.5. The van der Waals surface area contributed by atoms with Crippen LogP contribution in [0.15, 0.2) is 18.2 Å². The maximum absolute atomic E-state index is 12.8. The van der Waals surface area contributed by atoms with Crippen LogP contribution in [0.1, 0.15) is 51.0 Å². The van der Waals surface area contributed by atoms with Crippen LogP contribution in [0.2, 0.25) is 0 Å². The fourth-order valence-corrected chi connectivity index (χ4v) is 6.34. The first-order valence-corrected chi connectivity index (χ1v) is 11.3. The molecule has 31 heavy (non-hydrogen) atoms. The van der Waals surface area contributed by atoms with Crippen LogP contribution in [0.3, 0.4) is 0 Å². The first-order chi connectivity index (χ1) is 14.8. The zero-order valence-corrected chi connectivity index (χ0v) is 19.1. The summed E-state index contributed by atoms with van der Waals surface area (Å²) in [6.07, 6.45) is 7.14. The van der Waals surface area contributed by atoms with Crippen LogP contribution < -0.4 is 20.1 Å². The Balaban J connectivity index is 1.32. The molecule has 5 rings (SSSR count). The van der Waals surface area contributed by atoms with E-state index in [4.69, 9.17) is 9.47 Å². The lowest BCUT2D eigenvalue weighted by molar-refractivity contribution is -0.124. The van der Waals surface area contributed by atoms with Gasteiger partial charge in [0.2, 0.25) is 5.91 Å². The van der Waals surface area contributed by atoms with Crippen molar-refractivity contribution in [2.75, 3.05) is 21.3 Å². The first-order valence-electron chi connectivity index (χ1n) is 11.3. The molecule has 7 nitrogen and oxygen atoms in total. The second-order valence-electron chi connectivity index (χ2n) is 9.91. The second-order valence-corrected chi connectivity index (χ2v) is 9.91. The predicted octanol–water partition coefficient (Wildman–Crippen LogP) is 3.32.